The van der Waals surface area contributed by atoms with Crippen molar-refractivity contribution in [1.82, 2.24) is 0 Å². The molecular formula is C14H17BrN2O2. The molecule has 0 bridgehead atoms. The second kappa shape index (κ2) is 6.07. The number of carbonyl (C=O) groups excluding carboxylic acids is 1. The number of halogens is 1. The van der Waals surface area contributed by atoms with Crippen molar-refractivity contribution in [2.75, 3.05) is 5.32 Å². The normalized spacial score (nSPS) is 12.4. The third kappa shape index (κ3) is 4.92. The van der Waals surface area contributed by atoms with Gasteiger partial charge in [0, 0.05) is 17.0 Å². The van der Waals surface area contributed by atoms with Crippen LogP contribution >= 0.6 is 15.9 Å². The van der Waals surface area contributed by atoms with Crippen molar-refractivity contribution < 1.29 is 9.53 Å². The maximum Gasteiger partial charge on any atom is 0.412 e. The van der Waals surface area contributed by atoms with Gasteiger partial charge < -0.3 is 9.58 Å². The van der Waals surface area contributed by atoms with Crippen LogP contribution < -0.4 is 5.32 Å². The van der Waals surface area contributed by atoms with Gasteiger partial charge in [0.25, 0.3) is 0 Å². The molecule has 0 fully saturated rings. The summed E-state index contributed by atoms with van der Waals surface area (Å²) in [5.74, 6) is 0. The van der Waals surface area contributed by atoms with Gasteiger partial charge in [-0.05, 0) is 48.8 Å². The van der Waals surface area contributed by atoms with E-state index in [0.717, 1.165) is 10.0 Å². The second-order valence-electron chi connectivity index (χ2n) is 5.17. The molecule has 4 nitrogen and oxygen atoms in total. The van der Waals surface area contributed by atoms with Crippen molar-refractivity contribution in [1.29, 1.82) is 0 Å². The van der Waals surface area contributed by atoms with E-state index in [4.69, 9.17) is 11.3 Å². The Morgan fingerprint density at radius 2 is 2.11 bits per heavy atom. The lowest BCUT2D eigenvalue weighted by Gasteiger charge is -2.20. The van der Waals surface area contributed by atoms with E-state index >= 15 is 0 Å². The molecule has 1 unspecified atom stereocenters. The number of nitrogens with one attached hydrogen (secondary N) is 1. The first kappa shape index (κ1) is 15.5. The van der Waals surface area contributed by atoms with Gasteiger partial charge in [0.1, 0.15) is 5.60 Å². The molecule has 1 N–H and O–H groups in total. The fourth-order valence-electron chi connectivity index (χ4n) is 1.39. The molecule has 0 aromatic heterocycles. The summed E-state index contributed by atoms with van der Waals surface area (Å²) < 4.78 is 5.94. The molecule has 0 spiro atoms. The summed E-state index contributed by atoms with van der Waals surface area (Å²) in [5.41, 5.74) is 0.907. The molecule has 1 aromatic rings. The third-order valence-electron chi connectivity index (χ3n) is 2.30. The van der Waals surface area contributed by atoms with Crippen molar-refractivity contribution in [3.8, 4) is 0 Å². The van der Waals surface area contributed by atoms with Gasteiger partial charge in [-0.1, -0.05) is 6.07 Å². The molecule has 0 heterocycles. The highest BCUT2D eigenvalue weighted by atomic mass is 79.9. The van der Waals surface area contributed by atoms with Gasteiger partial charge in [0.05, 0.1) is 5.69 Å². The molecule has 0 saturated carbocycles. The standard InChI is InChI=1S/C14H17BrN2O2/c1-9(16-5)10-6-7-11(15)12(8-10)17-13(18)19-14(2,3)4/h6-9H,1-4H3,(H,17,18). The Kier molecular flexibility index (Phi) is 4.96. The molecule has 5 heteroatoms. The van der Waals surface area contributed by atoms with Crippen molar-refractivity contribution in [3.63, 3.8) is 0 Å². The average Bonchev–Trinajstić information content (AvgIpc) is 2.28. The van der Waals surface area contributed by atoms with E-state index in [9.17, 15) is 4.79 Å². The van der Waals surface area contributed by atoms with Crippen LogP contribution in [0.5, 0.6) is 0 Å². The Hall–Kier alpha value is -1.54. The lowest BCUT2D eigenvalue weighted by atomic mass is 10.1. The summed E-state index contributed by atoms with van der Waals surface area (Å²) in [7, 11) is 0. The lowest BCUT2D eigenvalue weighted by molar-refractivity contribution is 0.0636. The number of anilines is 1. The van der Waals surface area contributed by atoms with E-state index < -0.39 is 11.7 Å². The number of ether oxygens (including phenoxy) is 1. The predicted molar refractivity (Wildman–Crippen MR) is 79.0 cm³/mol. The van der Waals surface area contributed by atoms with E-state index in [1.807, 2.05) is 19.1 Å². The lowest BCUT2D eigenvalue weighted by Crippen LogP contribution is -2.27. The molecule has 0 aliphatic rings. The van der Waals surface area contributed by atoms with Crippen LogP contribution in [-0.4, -0.2) is 11.7 Å². The largest absolute Gasteiger partial charge is 0.444 e. The average molecular weight is 325 g/mol. The first-order valence-corrected chi connectivity index (χ1v) is 6.68. The van der Waals surface area contributed by atoms with E-state index in [-0.39, 0.29) is 6.04 Å². The molecular weight excluding hydrogens is 308 g/mol. The number of rotatable bonds is 2. The van der Waals surface area contributed by atoms with Gasteiger partial charge in [-0.3, -0.25) is 5.32 Å². The van der Waals surface area contributed by atoms with Crippen LogP contribution in [0.4, 0.5) is 10.5 Å². The van der Waals surface area contributed by atoms with Crippen LogP contribution in [0.1, 0.15) is 39.3 Å². The van der Waals surface area contributed by atoms with Gasteiger partial charge in [-0.25, -0.2) is 11.4 Å². The Bertz CT molecular complexity index is 515. The summed E-state index contributed by atoms with van der Waals surface area (Å²) in [6.07, 6.45) is -0.513. The molecule has 1 amide bonds. The number of hydrogen-bond acceptors (Lipinski definition) is 2. The molecule has 1 aromatic carbocycles. The fraction of sp³-hybridized carbons (Fsp3) is 0.429. The van der Waals surface area contributed by atoms with Crippen LogP contribution in [0.25, 0.3) is 4.85 Å². The number of nitrogens with zero attached hydrogens (tertiary/aromatic N) is 1. The van der Waals surface area contributed by atoms with E-state index in [1.54, 1.807) is 26.8 Å². The van der Waals surface area contributed by atoms with Crippen molar-refractivity contribution in [3.05, 3.63) is 39.7 Å². The Morgan fingerprint density at radius 3 is 2.63 bits per heavy atom. The van der Waals surface area contributed by atoms with Crippen LogP contribution in [-0.2, 0) is 4.74 Å². The maximum atomic E-state index is 11.7. The summed E-state index contributed by atoms with van der Waals surface area (Å²) in [5, 5.41) is 2.68. The van der Waals surface area contributed by atoms with Gasteiger partial charge in [0.15, 0.2) is 0 Å². The molecule has 0 radical (unpaired) electrons. The fourth-order valence-corrected chi connectivity index (χ4v) is 1.73. The van der Waals surface area contributed by atoms with Gasteiger partial charge in [0.2, 0.25) is 6.04 Å². The van der Waals surface area contributed by atoms with Crippen molar-refractivity contribution >= 4 is 27.7 Å². The highest BCUT2D eigenvalue weighted by Gasteiger charge is 2.18. The van der Waals surface area contributed by atoms with E-state index in [1.165, 1.54) is 0 Å². The molecule has 0 aliphatic heterocycles. The molecule has 1 rings (SSSR count). The number of carbonyl (C=O) groups is 1. The van der Waals surface area contributed by atoms with Crippen LogP contribution in [0, 0.1) is 6.57 Å². The number of hydrogen-bond donors (Lipinski definition) is 1. The topological polar surface area (TPSA) is 42.7 Å². The maximum absolute atomic E-state index is 11.7. The Morgan fingerprint density at radius 1 is 1.47 bits per heavy atom. The SMILES string of the molecule is [C-]#[N+]C(C)c1ccc(Br)c(NC(=O)OC(C)(C)C)c1. The zero-order valence-electron chi connectivity index (χ0n) is 11.5. The summed E-state index contributed by atoms with van der Waals surface area (Å²) in [6.45, 7) is 14.3. The first-order chi connectivity index (χ1) is 8.73. The highest BCUT2D eigenvalue weighted by molar-refractivity contribution is 9.10. The van der Waals surface area contributed by atoms with Crippen molar-refractivity contribution in [2.24, 2.45) is 0 Å². The smallest absolute Gasteiger partial charge is 0.412 e. The number of benzene rings is 1. The van der Waals surface area contributed by atoms with Gasteiger partial charge in [-0.2, -0.15) is 0 Å². The van der Waals surface area contributed by atoms with E-state index in [0.29, 0.717) is 5.69 Å². The van der Waals surface area contributed by atoms with E-state index in [2.05, 4.69) is 26.1 Å². The van der Waals surface area contributed by atoms with Crippen LogP contribution in [0.2, 0.25) is 0 Å². The zero-order valence-corrected chi connectivity index (χ0v) is 13.0. The minimum atomic E-state index is -0.544. The molecule has 0 saturated heterocycles. The summed E-state index contributed by atoms with van der Waals surface area (Å²) >= 11 is 3.36. The molecule has 102 valence electrons. The zero-order chi connectivity index (χ0) is 14.6. The predicted octanol–water partition coefficient (Wildman–Crippen LogP) is 4.78. The molecule has 1 atom stereocenters. The summed E-state index contributed by atoms with van der Waals surface area (Å²) in [4.78, 5) is 15.2. The highest BCUT2D eigenvalue weighted by Crippen LogP contribution is 2.28. The monoisotopic (exact) mass is 324 g/mol. The Labute approximate surface area is 122 Å². The van der Waals surface area contributed by atoms with Gasteiger partial charge in [-0.15, -0.1) is 0 Å². The first-order valence-electron chi connectivity index (χ1n) is 5.89. The summed E-state index contributed by atoms with van der Waals surface area (Å²) in [6, 6.07) is 5.19. The Balaban J connectivity index is 2.89. The molecule has 19 heavy (non-hydrogen) atoms. The quantitative estimate of drug-likeness (QED) is 0.796. The molecule has 0 aliphatic carbocycles. The van der Waals surface area contributed by atoms with Crippen molar-refractivity contribution in [2.45, 2.75) is 39.3 Å². The minimum Gasteiger partial charge on any atom is -0.444 e. The number of amides is 1. The minimum absolute atomic E-state index is 0.243. The van der Waals surface area contributed by atoms with Gasteiger partial charge >= 0.3 is 6.09 Å². The second-order valence-corrected chi connectivity index (χ2v) is 6.03. The third-order valence-corrected chi connectivity index (χ3v) is 2.99. The van der Waals surface area contributed by atoms with Crippen LogP contribution in [0.15, 0.2) is 22.7 Å². The van der Waals surface area contributed by atoms with Crippen LogP contribution in [0.3, 0.4) is 0 Å².